The molecule has 1 aromatic carbocycles. The number of hydrogen-bond acceptors (Lipinski definition) is 3. The van der Waals surface area contributed by atoms with Gasteiger partial charge in [0.2, 0.25) is 0 Å². The number of rotatable bonds is 3. The van der Waals surface area contributed by atoms with Gasteiger partial charge in [0, 0.05) is 31.3 Å². The standard InChI is InChI=1S/C14H17N3O/c1-10-13(8-17(2)16-10)15-7-11-9-18-14-6-4-3-5-12(11)14/h3-6,8,11,15H,7,9H2,1-2H3. The first-order chi connectivity index (χ1) is 8.74. The largest absolute Gasteiger partial charge is 0.493 e. The molecule has 1 N–H and O–H groups in total. The fraction of sp³-hybridized carbons (Fsp3) is 0.357. The molecule has 2 aromatic rings. The molecule has 1 unspecified atom stereocenters. The summed E-state index contributed by atoms with van der Waals surface area (Å²) in [6.07, 6.45) is 2.01. The van der Waals surface area contributed by atoms with Crippen LogP contribution < -0.4 is 10.1 Å². The van der Waals surface area contributed by atoms with Crippen molar-refractivity contribution >= 4 is 5.69 Å². The average molecular weight is 243 g/mol. The molecule has 1 atom stereocenters. The lowest BCUT2D eigenvalue weighted by Gasteiger charge is -2.10. The van der Waals surface area contributed by atoms with E-state index >= 15 is 0 Å². The van der Waals surface area contributed by atoms with Gasteiger partial charge in [-0.15, -0.1) is 0 Å². The zero-order valence-corrected chi connectivity index (χ0v) is 10.7. The quantitative estimate of drug-likeness (QED) is 0.899. The SMILES string of the molecule is Cc1nn(C)cc1NCC1COc2ccccc21. The summed E-state index contributed by atoms with van der Waals surface area (Å²) in [7, 11) is 1.94. The molecule has 0 saturated heterocycles. The maximum atomic E-state index is 5.67. The van der Waals surface area contributed by atoms with Gasteiger partial charge < -0.3 is 10.1 Å². The van der Waals surface area contributed by atoms with Crippen molar-refractivity contribution in [2.24, 2.45) is 7.05 Å². The van der Waals surface area contributed by atoms with Gasteiger partial charge in [-0.3, -0.25) is 4.68 Å². The predicted molar refractivity (Wildman–Crippen MR) is 71.1 cm³/mol. The summed E-state index contributed by atoms with van der Waals surface area (Å²) >= 11 is 0. The summed E-state index contributed by atoms with van der Waals surface area (Å²) in [5, 5.41) is 7.78. The molecule has 3 rings (SSSR count). The molecular formula is C14H17N3O. The fourth-order valence-electron chi connectivity index (χ4n) is 2.40. The van der Waals surface area contributed by atoms with Crippen LogP contribution >= 0.6 is 0 Å². The van der Waals surface area contributed by atoms with E-state index in [1.807, 2.05) is 37.0 Å². The van der Waals surface area contributed by atoms with Crippen molar-refractivity contribution in [1.82, 2.24) is 9.78 Å². The van der Waals surface area contributed by atoms with Gasteiger partial charge in [-0.25, -0.2) is 0 Å². The molecule has 0 saturated carbocycles. The molecular weight excluding hydrogens is 226 g/mol. The normalized spacial score (nSPS) is 17.3. The highest BCUT2D eigenvalue weighted by molar-refractivity contribution is 5.47. The number of ether oxygens (including phenoxy) is 1. The minimum atomic E-state index is 0.417. The van der Waals surface area contributed by atoms with E-state index < -0.39 is 0 Å². The van der Waals surface area contributed by atoms with Gasteiger partial charge >= 0.3 is 0 Å². The Balaban J connectivity index is 1.70. The second-order valence-electron chi connectivity index (χ2n) is 4.73. The van der Waals surface area contributed by atoms with Gasteiger partial charge in [-0.2, -0.15) is 5.10 Å². The van der Waals surface area contributed by atoms with Crippen LogP contribution in [0.1, 0.15) is 17.2 Å². The summed E-state index contributed by atoms with van der Waals surface area (Å²) in [4.78, 5) is 0. The van der Waals surface area contributed by atoms with E-state index in [1.165, 1.54) is 5.56 Å². The molecule has 2 heterocycles. The summed E-state index contributed by atoms with van der Waals surface area (Å²) in [6.45, 7) is 3.65. The van der Waals surface area contributed by atoms with Gasteiger partial charge in [0.1, 0.15) is 5.75 Å². The molecule has 0 aliphatic carbocycles. The van der Waals surface area contributed by atoms with Gasteiger partial charge in [-0.05, 0) is 13.0 Å². The Morgan fingerprint density at radius 2 is 2.28 bits per heavy atom. The van der Waals surface area contributed by atoms with E-state index in [0.717, 1.165) is 30.3 Å². The van der Waals surface area contributed by atoms with Crippen molar-refractivity contribution < 1.29 is 4.74 Å². The number of anilines is 1. The van der Waals surface area contributed by atoms with Crippen LogP contribution in [-0.4, -0.2) is 22.9 Å². The molecule has 4 heteroatoms. The number of nitrogens with zero attached hydrogens (tertiary/aromatic N) is 2. The Labute approximate surface area is 107 Å². The van der Waals surface area contributed by atoms with Gasteiger partial charge in [0.15, 0.2) is 0 Å². The van der Waals surface area contributed by atoms with Crippen LogP contribution in [0, 0.1) is 6.92 Å². The number of aryl methyl sites for hydroxylation is 2. The number of nitrogens with one attached hydrogen (secondary N) is 1. The second-order valence-corrected chi connectivity index (χ2v) is 4.73. The van der Waals surface area contributed by atoms with Crippen LogP contribution in [0.4, 0.5) is 5.69 Å². The average Bonchev–Trinajstić information content (AvgIpc) is 2.90. The Morgan fingerprint density at radius 1 is 1.44 bits per heavy atom. The summed E-state index contributed by atoms with van der Waals surface area (Å²) in [6, 6.07) is 8.26. The lowest BCUT2D eigenvalue weighted by atomic mass is 10.0. The number of aromatic nitrogens is 2. The van der Waals surface area contributed by atoms with Gasteiger partial charge in [-0.1, -0.05) is 18.2 Å². The smallest absolute Gasteiger partial charge is 0.122 e. The molecule has 94 valence electrons. The maximum Gasteiger partial charge on any atom is 0.122 e. The van der Waals surface area contributed by atoms with Crippen molar-refractivity contribution in [2.45, 2.75) is 12.8 Å². The molecule has 18 heavy (non-hydrogen) atoms. The highest BCUT2D eigenvalue weighted by Crippen LogP contribution is 2.33. The monoisotopic (exact) mass is 243 g/mol. The van der Waals surface area contributed by atoms with Crippen LogP contribution in [0.5, 0.6) is 5.75 Å². The summed E-state index contributed by atoms with van der Waals surface area (Å²) in [5.74, 6) is 1.44. The molecule has 0 spiro atoms. The third-order valence-corrected chi connectivity index (χ3v) is 3.35. The third-order valence-electron chi connectivity index (χ3n) is 3.35. The molecule has 0 bridgehead atoms. The highest BCUT2D eigenvalue weighted by Gasteiger charge is 2.23. The number of fused-ring (bicyclic) bond motifs is 1. The Bertz CT molecular complexity index is 562. The maximum absolute atomic E-state index is 5.67. The summed E-state index contributed by atoms with van der Waals surface area (Å²) in [5.41, 5.74) is 3.43. The minimum absolute atomic E-state index is 0.417. The first-order valence-corrected chi connectivity index (χ1v) is 6.20. The Morgan fingerprint density at radius 3 is 3.06 bits per heavy atom. The zero-order chi connectivity index (χ0) is 12.5. The molecule has 0 fully saturated rings. The van der Waals surface area contributed by atoms with E-state index in [1.54, 1.807) is 0 Å². The Hall–Kier alpha value is -1.97. The third kappa shape index (κ3) is 1.94. The van der Waals surface area contributed by atoms with Crippen LogP contribution in [0.15, 0.2) is 30.5 Å². The Kier molecular flexibility index (Phi) is 2.70. The first-order valence-electron chi connectivity index (χ1n) is 6.20. The molecule has 1 aliphatic heterocycles. The van der Waals surface area contributed by atoms with Crippen molar-refractivity contribution in [2.75, 3.05) is 18.5 Å². The van der Waals surface area contributed by atoms with Crippen LogP contribution in [-0.2, 0) is 7.05 Å². The molecule has 0 radical (unpaired) electrons. The van der Waals surface area contributed by atoms with Gasteiger partial charge in [0.25, 0.3) is 0 Å². The predicted octanol–water partition coefficient (Wildman–Crippen LogP) is 2.32. The van der Waals surface area contributed by atoms with E-state index in [2.05, 4.69) is 22.5 Å². The summed E-state index contributed by atoms with van der Waals surface area (Å²) < 4.78 is 7.50. The topological polar surface area (TPSA) is 39.1 Å². The first kappa shape index (κ1) is 11.1. The van der Waals surface area contributed by atoms with Crippen molar-refractivity contribution in [3.8, 4) is 5.75 Å². The van der Waals surface area contributed by atoms with E-state index in [0.29, 0.717) is 5.92 Å². The van der Waals surface area contributed by atoms with E-state index in [-0.39, 0.29) is 0 Å². The fourth-order valence-corrected chi connectivity index (χ4v) is 2.40. The van der Waals surface area contributed by atoms with E-state index in [4.69, 9.17) is 4.74 Å². The van der Waals surface area contributed by atoms with Crippen LogP contribution in [0.3, 0.4) is 0 Å². The zero-order valence-electron chi connectivity index (χ0n) is 10.7. The van der Waals surface area contributed by atoms with Crippen LogP contribution in [0.25, 0.3) is 0 Å². The number of hydrogen-bond donors (Lipinski definition) is 1. The van der Waals surface area contributed by atoms with E-state index in [9.17, 15) is 0 Å². The lowest BCUT2D eigenvalue weighted by Crippen LogP contribution is -2.14. The second kappa shape index (κ2) is 4.37. The minimum Gasteiger partial charge on any atom is -0.493 e. The van der Waals surface area contributed by atoms with Gasteiger partial charge in [0.05, 0.1) is 18.0 Å². The van der Waals surface area contributed by atoms with Crippen molar-refractivity contribution in [3.63, 3.8) is 0 Å². The lowest BCUT2D eigenvalue weighted by molar-refractivity contribution is 0.334. The number of benzene rings is 1. The molecule has 0 amide bonds. The van der Waals surface area contributed by atoms with Crippen molar-refractivity contribution in [3.05, 3.63) is 41.7 Å². The molecule has 4 nitrogen and oxygen atoms in total. The highest BCUT2D eigenvalue weighted by atomic mass is 16.5. The number of para-hydroxylation sites is 1. The van der Waals surface area contributed by atoms with Crippen LogP contribution in [0.2, 0.25) is 0 Å². The van der Waals surface area contributed by atoms with Crippen molar-refractivity contribution in [1.29, 1.82) is 0 Å². The molecule has 1 aliphatic rings. The molecule has 1 aromatic heterocycles.